The highest BCUT2D eigenvalue weighted by atomic mass is 35.5. The molecule has 1 aromatic rings. The van der Waals surface area contributed by atoms with Gasteiger partial charge in [0.15, 0.2) is 5.72 Å². The Morgan fingerprint density at radius 1 is 1.22 bits per heavy atom. The number of ether oxygens (including phenoxy) is 5. The summed E-state index contributed by atoms with van der Waals surface area (Å²) in [5.74, 6) is -1.56. The number of methoxy groups -OCH3 is 2. The molecule has 3 heterocycles. The molecule has 282 valence electrons. The number of rotatable bonds is 5. The standard InChI is InChI=1S/C37H52ClN3O10/c1-20-13-12-14-27(48-11)37(46)19-26(49-34(45)39-37)21(2)31-36(7,51-31)28(50-32(43)22(3)40(8)33(44)35(4,5)6)18-29(42)41(9)24-16-23(15-20)17-25(47-10)30(24)38/h12-14,16-17,21-22,26-28,31,46H,15,18-19H2,1-11H3,(H,39,45)/b14-12+,20-13+/t21-,22+,26+,27-,28+,31-,36-,37+/m0/s1. The van der Waals surface area contributed by atoms with E-state index in [0.29, 0.717) is 17.9 Å². The van der Waals surface area contributed by atoms with E-state index in [0.717, 1.165) is 11.1 Å². The Morgan fingerprint density at radius 3 is 2.49 bits per heavy atom. The topological polar surface area (TPSA) is 156 Å². The minimum atomic E-state index is -1.82. The summed E-state index contributed by atoms with van der Waals surface area (Å²) < 4.78 is 29.2. The van der Waals surface area contributed by atoms with Gasteiger partial charge in [-0.25, -0.2) is 9.59 Å². The number of allylic oxidation sites excluding steroid dienone is 3. The maximum atomic E-state index is 14.1. The molecular weight excluding hydrogens is 682 g/mol. The van der Waals surface area contributed by atoms with Gasteiger partial charge in [-0.05, 0) is 44.9 Å². The minimum absolute atomic E-state index is 0.0472. The molecule has 13 nitrogen and oxygen atoms in total. The number of carbonyl (C=O) groups is 4. The van der Waals surface area contributed by atoms with Crippen molar-refractivity contribution in [2.45, 2.75) is 110 Å². The van der Waals surface area contributed by atoms with Gasteiger partial charge in [0.25, 0.3) is 0 Å². The number of benzene rings is 1. The van der Waals surface area contributed by atoms with Crippen LogP contribution in [0.25, 0.3) is 0 Å². The van der Waals surface area contributed by atoms with Crippen LogP contribution in [-0.4, -0.2) is 104 Å². The van der Waals surface area contributed by atoms with Crippen molar-refractivity contribution >= 4 is 41.2 Å². The number of nitrogens with zero attached hydrogens (tertiary/aromatic N) is 2. The predicted octanol–water partition coefficient (Wildman–Crippen LogP) is 4.56. The average Bonchev–Trinajstić information content (AvgIpc) is 3.75. The molecule has 2 saturated heterocycles. The normalized spacial score (nSPS) is 32.3. The molecule has 3 aliphatic rings. The molecule has 0 aromatic heterocycles. The van der Waals surface area contributed by atoms with Crippen molar-refractivity contribution in [1.29, 1.82) is 0 Å². The molecule has 3 aliphatic heterocycles. The third-order valence-electron chi connectivity index (χ3n) is 10.1. The molecule has 0 aliphatic carbocycles. The van der Waals surface area contributed by atoms with Crippen LogP contribution in [0.3, 0.4) is 0 Å². The minimum Gasteiger partial charge on any atom is -0.495 e. The highest BCUT2D eigenvalue weighted by molar-refractivity contribution is 6.35. The van der Waals surface area contributed by atoms with Crippen LogP contribution in [-0.2, 0) is 39.8 Å². The van der Waals surface area contributed by atoms with E-state index < -0.39 is 71.1 Å². The van der Waals surface area contributed by atoms with Crippen LogP contribution in [0.1, 0.15) is 66.9 Å². The number of carbonyl (C=O) groups excluding carboxylic acids is 4. The van der Waals surface area contributed by atoms with Gasteiger partial charge in [0.1, 0.15) is 40.7 Å². The lowest BCUT2D eigenvalue weighted by atomic mass is 9.83. The molecule has 0 radical (unpaired) electrons. The van der Waals surface area contributed by atoms with E-state index in [9.17, 15) is 24.3 Å². The molecule has 0 unspecified atom stereocenters. The van der Waals surface area contributed by atoms with Gasteiger partial charge in [0.2, 0.25) is 11.8 Å². The van der Waals surface area contributed by atoms with Crippen molar-refractivity contribution in [3.05, 3.63) is 46.5 Å². The van der Waals surface area contributed by atoms with E-state index >= 15 is 0 Å². The van der Waals surface area contributed by atoms with Crippen molar-refractivity contribution in [1.82, 2.24) is 10.2 Å². The van der Waals surface area contributed by atoms with Crippen molar-refractivity contribution in [2.24, 2.45) is 11.3 Å². The summed E-state index contributed by atoms with van der Waals surface area (Å²) in [6.45, 7) is 12.3. The van der Waals surface area contributed by atoms with E-state index in [1.807, 2.05) is 13.0 Å². The summed E-state index contributed by atoms with van der Waals surface area (Å²) in [5, 5.41) is 14.4. The van der Waals surface area contributed by atoms with E-state index in [4.69, 9.17) is 35.3 Å². The number of likely N-dealkylation sites (N-methyl/N-ethyl adjacent to an activating group) is 1. The maximum Gasteiger partial charge on any atom is 0.409 e. The summed E-state index contributed by atoms with van der Waals surface area (Å²) in [6.07, 6.45) is 0.973. The Kier molecular flexibility index (Phi) is 11.9. The van der Waals surface area contributed by atoms with Crippen molar-refractivity contribution in [2.75, 3.05) is 33.2 Å². The second-order valence-corrected chi connectivity index (χ2v) is 15.4. The van der Waals surface area contributed by atoms with Crippen LogP contribution in [0.5, 0.6) is 5.75 Å². The molecule has 8 atom stereocenters. The quantitative estimate of drug-likeness (QED) is 0.325. The molecule has 14 heteroatoms. The largest absolute Gasteiger partial charge is 0.495 e. The molecular formula is C37H52ClN3O10. The number of alkyl carbamates (subject to hydrolysis) is 1. The number of hydrogen-bond acceptors (Lipinski definition) is 10. The molecule has 51 heavy (non-hydrogen) atoms. The van der Waals surface area contributed by atoms with E-state index in [1.165, 1.54) is 31.1 Å². The fourth-order valence-corrected chi connectivity index (χ4v) is 7.02. The first-order valence-electron chi connectivity index (χ1n) is 17.0. The predicted molar refractivity (Wildman–Crippen MR) is 190 cm³/mol. The fourth-order valence-electron chi connectivity index (χ4n) is 6.71. The summed E-state index contributed by atoms with van der Waals surface area (Å²) in [4.78, 5) is 56.3. The molecule has 0 spiro atoms. The van der Waals surface area contributed by atoms with E-state index in [1.54, 1.807) is 72.9 Å². The van der Waals surface area contributed by atoms with Crippen molar-refractivity contribution in [3.63, 3.8) is 0 Å². The highest BCUT2D eigenvalue weighted by Crippen LogP contribution is 2.49. The zero-order valence-corrected chi connectivity index (χ0v) is 32.1. The van der Waals surface area contributed by atoms with Crippen LogP contribution in [0, 0.1) is 11.3 Å². The van der Waals surface area contributed by atoms with Crippen molar-refractivity contribution < 1.29 is 48.0 Å². The van der Waals surface area contributed by atoms with Crippen LogP contribution in [0.2, 0.25) is 5.02 Å². The number of aliphatic hydroxyl groups is 1. The van der Waals surface area contributed by atoms with Gasteiger partial charge >= 0.3 is 12.1 Å². The molecule has 4 bridgehead atoms. The number of anilines is 1. The molecule has 2 N–H and O–H groups in total. The first kappa shape index (κ1) is 40.1. The number of fused-ring (bicyclic) bond motifs is 5. The summed E-state index contributed by atoms with van der Waals surface area (Å²) in [7, 11) is 6.03. The number of halogens is 1. The first-order valence-corrected chi connectivity index (χ1v) is 17.4. The zero-order chi connectivity index (χ0) is 38.2. The van der Waals surface area contributed by atoms with Crippen LogP contribution in [0.4, 0.5) is 10.5 Å². The number of esters is 1. The lowest BCUT2D eigenvalue weighted by Gasteiger charge is -2.42. The molecule has 3 amide bonds. The van der Waals surface area contributed by atoms with Gasteiger partial charge in [-0.3, -0.25) is 14.9 Å². The first-order chi connectivity index (χ1) is 23.7. The fraction of sp³-hybridized carbons (Fsp3) is 0.622. The van der Waals surface area contributed by atoms with Crippen molar-refractivity contribution in [3.8, 4) is 5.75 Å². The van der Waals surface area contributed by atoms with Crippen LogP contribution >= 0.6 is 11.6 Å². The zero-order valence-electron chi connectivity index (χ0n) is 31.4. The summed E-state index contributed by atoms with van der Waals surface area (Å²) in [5.41, 5.74) is -1.64. The molecule has 1 aromatic carbocycles. The highest BCUT2D eigenvalue weighted by Gasteiger charge is 2.64. The Balaban J connectivity index is 1.78. The lowest BCUT2D eigenvalue weighted by Crippen LogP contribution is -2.63. The number of amides is 3. The Labute approximate surface area is 305 Å². The summed E-state index contributed by atoms with van der Waals surface area (Å²) >= 11 is 6.75. The van der Waals surface area contributed by atoms with E-state index in [2.05, 4.69) is 5.32 Å². The maximum absolute atomic E-state index is 14.1. The second-order valence-electron chi connectivity index (χ2n) is 15.1. The number of nitrogens with one attached hydrogen (secondary N) is 1. The SMILES string of the molecule is COc1cc2cc(c1Cl)N(C)C(=O)C[C@@H](OC(=O)[C@@H](C)N(C)C(=O)C(C)(C)C)[C@]1(C)O[C@H]1[C@@H](C)[C@H]1C[C@](O)(NC(=O)O1)[C@@H](OC)/C=C/C=C(\C)C2. The molecule has 0 saturated carbocycles. The Morgan fingerprint density at radius 2 is 1.88 bits per heavy atom. The smallest absolute Gasteiger partial charge is 0.409 e. The number of epoxide rings is 1. The average molecular weight is 734 g/mol. The van der Waals surface area contributed by atoms with Gasteiger partial charge in [-0.1, -0.05) is 63.1 Å². The van der Waals surface area contributed by atoms with Crippen LogP contribution < -0.4 is 15.0 Å². The summed E-state index contributed by atoms with van der Waals surface area (Å²) in [6, 6.07) is 2.61. The third kappa shape index (κ3) is 8.54. The molecule has 2 fully saturated rings. The van der Waals surface area contributed by atoms with Gasteiger partial charge in [0, 0.05) is 39.0 Å². The van der Waals surface area contributed by atoms with Crippen LogP contribution in [0.15, 0.2) is 35.9 Å². The Hall–Kier alpha value is -3.65. The Bertz CT molecular complexity index is 1590. The van der Waals surface area contributed by atoms with E-state index in [-0.39, 0.29) is 23.8 Å². The van der Waals surface area contributed by atoms with Gasteiger partial charge in [0.05, 0.1) is 25.3 Å². The monoisotopic (exact) mass is 733 g/mol. The lowest BCUT2D eigenvalue weighted by molar-refractivity contribution is -0.163. The third-order valence-corrected chi connectivity index (χ3v) is 10.5. The van der Waals surface area contributed by atoms with Gasteiger partial charge < -0.3 is 38.6 Å². The van der Waals surface area contributed by atoms with Gasteiger partial charge in [-0.2, -0.15) is 0 Å². The van der Waals surface area contributed by atoms with Gasteiger partial charge in [-0.15, -0.1) is 0 Å². The second kappa shape index (κ2) is 15.1. The molecule has 4 rings (SSSR count). The number of hydrogen-bond donors (Lipinski definition) is 2.